The third-order valence-corrected chi connectivity index (χ3v) is 4.51. The highest BCUT2D eigenvalue weighted by molar-refractivity contribution is 9.09. The van der Waals surface area contributed by atoms with Crippen molar-refractivity contribution in [3.05, 3.63) is 70.5 Å². The molecule has 0 spiro atoms. The minimum absolute atomic E-state index is 0.258. The molecule has 0 aromatic heterocycles. The van der Waals surface area contributed by atoms with E-state index in [4.69, 9.17) is 11.6 Å². The highest BCUT2D eigenvalue weighted by Crippen LogP contribution is 2.29. The fraction of sp³-hybridized carbons (Fsp3) is 0.250. The van der Waals surface area contributed by atoms with E-state index in [9.17, 15) is 4.39 Å². The van der Waals surface area contributed by atoms with Gasteiger partial charge in [-0.2, -0.15) is 0 Å². The number of hydrogen-bond acceptors (Lipinski definition) is 0. The summed E-state index contributed by atoms with van der Waals surface area (Å²) >= 11 is 9.62. The van der Waals surface area contributed by atoms with Crippen LogP contribution in [0.2, 0.25) is 5.02 Å². The summed E-state index contributed by atoms with van der Waals surface area (Å²) < 4.78 is 13.3. The Hall–Kier alpha value is -0.860. The van der Waals surface area contributed by atoms with Crippen LogP contribution in [-0.2, 0) is 6.42 Å². The lowest BCUT2D eigenvalue weighted by Crippen LogP contribution is -1.94. The van der Waals surface area contributed by atoms with Crippen LogP contribution in [-0.4, -0.2) is 0 Å². The number of rotatable bonds is 5. The number of halogens is 3. The molecule has 0 saturated carbocycles. The predicted molar refractivity (Wildman–Crippen MR) is 82.5 cm³/mol. The Bertz CT molecular complexity index is 528. The maximum atomic E-state index is 13.3. The van der Waals surface area contributed by atoms with Crippen molar-refractivity contribution in [2.45, 2.75) is 24.1 Å². The average Bonchev–Trinajstić information content (AvgIpc) is 2.44. The van der Waals surface area contributed by atoms with Crippen molar-refractivity contribution in [2.24, 2.45) is 0 Å². The zero-order valence-electron chi connectivity index (χ0n) is 10.5. The van der Waals surface area contributed by atoms with E-state index in [0.29, 0.717) is 4.83 Å². The molecule has 0 N–H and O–H groups in total. The van der Waals surface area contributed by atoms with Crippen molar-refractivity contribution in [3.63, 3.8) is 0 Å². The van der Waals surface area contributed by atoms with Gasteiger partial charge in [-0.1, -0.05) is 70.0 Å². The molecule has 1 unspecified atom stereocenters. The Morgan fingerprint density at radius 2 is 1.79 bits per heavy atom. The number of hydrogen-bond donors (Lipinski definition) is 0. The zero-order valence-corrected chi connectivity index (χ0v) is 12.8. The summed E-state index contributed by atoms with van der Waals surface area (Å²) in [6, 6.07) is 15.3. The van der Waals surface area contributed by atoms with Crippen LogP contribution in [0.4, 0.5) is 4.39 Å². The van der Waals surface area contributed by atoms with Crippen molar-refractivity contribution < 1.29 is 4.39 Å². The first-order valence-corrected chi connectivity index (χ1v) is 7.59. The van der Waals surface area contributed by atoms with Gasteiger partial charge in [0.1, 0.15) is 5.82 Å². The lowest BCUT2D eigenvalue weighted by atomic mass is 10.0. The molecule has 0 aliphatic rings. The van der Waals surface area contributed by atoms with Crippen molar-refractivity contribution in [2.75, 3.05) is 0 Å². The molecule has 0 heterocycles. The Balaban J connectivity index is 1.88. The van der Waals surface area contributed by atoms with E-state index in [1.54, 1.807) is 6.07 Å². The first-order valence-electron chi connectivity index (χ1n) is 6.30. The average molecular weight is 342 g/mol. The topological polar surface area (TPSA) is 0 Å². The molecule has 0 nitrogen and oxygen atoms in total. The van der Waals surface area contributed by atoms with Gasteiger partial charge in [-0.05, 0) is 36.5 Å². The third kappa shape index (κ3) is 4.05. The third-order valence-electron chi connectivity index (χ3n) is 3.10. The van der Waals surface area contributed by atoms with Gasteiger partial charge >= 0.3 is 0 Å². The van der Waals surface area contributed by atoms with Gasteiger partial charge in [0.2, 0.25) is 0 Å². The number of benzene rings is 2. The Labute approximate surface area is 126 Å². The van der Waals surface area contributed by atoms with Crippen molar-refractivity contribution in [1.82, 2.24) is 0 Å². The molecule has 3 heteroatoms. The normalized spacial score (nSPS) is 12.4. The lowest BCUT2D eigenvalue weighted by molar-refractivity contribution is 0.624. The van der Waals surface area contributed by atoms with E-state index >= 15 is 0 Å². The molecule has 2 aromatic rings. The van der Waals surface area contributed by atoms with E-state index < -0.39 is 0 Å². The molecule has 0 fully saturated rings. The van der Waals surface area contributed by atoms with E-state index in [1.165, 1.54) is 11.6 Å². The number of alkyl halides is 1. The molecule has 2 rings (SSSR count). The van der Waals surface area contributed by atoms with Crippen molar-refractivity contribution in [3.8, 4) is 0 Å². The van der Waals surface area contributed by atoms with Gasteiger partial charge in [0.15, 0.2) is 0 Å². The van der Waals surface area contributed by atoms with Crippen LogP contribution in [0.5, 0.6) is 0 Å². The minimum atomic E-state index is -0.336. The van der Waals surface area contributed by atoms with Crippen LogP contribution in [0.15, 0.2) is 48.5 Å². The predicted octanol–water partition coefficient (Wildman–Crippen LogP) is 5.94. The van der Waals surface area contributed by atoms with Gasteiger partial charge in [0.05, 0.1) is 5.02 Å². The molecule has 100 valence electrons. The van der Waals surface area contributed by atoms with E-state index in [-0.39, 0.29) is 10.8 Å². The SMILES string of the molecule is Fc1cccc(CCCC(Br)c2ccccc2)c1Cl. The Kier molecular flexibility index (Phi) is 5.41. The molecule has 0 saturated heterocycles. The number of aryl methyl sites for hydroxylation is 1. The summed E-state index contributed by atoms with van der Waals surface area (Å²) in [6.07, 6.45) is 2.76. The standard InChI is InChI=1S/C16H15BrClF/c17-14(12-6-2-1-3-7-12)10-4-8-13-9-5-11-15(19)16(13)18/h1-3,5-7,9,11,14H,4,8,10H2. The molecule has 19 heavy (non-hydrogen) atoms. The van der Waals surface area contributed by atoms with Crippen LogP contribution < -0.4 is 0 Å². The van der Waals surface area contributed by atoms with Crippen LogP contribution in [0, 0.1) is 5.82 Å². The van der Waals surface area contributed by atoms with Crippen LogP contribution >= 0.6 is 27.5 Å². The van der Waals surface area contributed by atoms with Crippen LogP contribution in [0.25, 0.3) is 0 Å². The summed E-state index contributed by atoms with van der Waals surface area (Å²) in [4.78, 5) is 0.334. The largest absolute Gasteiger partial charge is 0.205 e. The van der Waals surface area contributed by atoms with E-state index in [2.05, 4.69) is 28.1 Å². The molecule has 2 aromatic carbocycles. The van der Waals surface area contributed by atoms with Crippen LogP contribution in [0.1, 0.15) is 28.8 Å². The molecule has 0 aliphatic carbocycles. The molecule has 1 atom stereocenters. The van der Waals surface area contributed by atoms with Crippen LogP contribution in [0.3, 0.4) is 0 Å². The highest BCUT2D eigenvalue weighted by atomic mass is 79.9. The molecular formula is C16H15BrClF. The summed E-state index contributed by atoms with van der Waals surface area (Å²) in [5, 5.41) is 0.258. The Morgan fingerprint density at radius 3 is 2.53 bits per heavy atom. The van der Waals surface area contributed by atoms with E-state index in [0.717, 1.165) is 24.8 Å². The first kappa shape index (κ1) is 14.5. The Morgan fingerprint density at radius 1 is 1.05 bits per heavy atom. The summed E-state index contributed by atoms with van der Waals surface area (Å²) in [5.74, 6) is -0.336. The molecule has 0 bridgehead atoms. The van der Waals surface area contributed by atoms with Gasteiger partial charge < -0.3 is 0 Å². The zero-order chi connectivity index (χ0) is 13.7. The minimum Gasteiger partial charge on any atom is -0.205 e. The second-order valence-electron chi connectivity index (χ2n) is 4.48. The fourth-order valence-corrected chi connectivity index (χ4v) is 2.89. The molecule has 0 amide bonds. The summed E-state index contributed by atoms with van der Waals surface area (Å²) in [6.45, 7) is 0. The monoisotopic (exact) mass is 340 g/mol. The molecule has 0 aliphatic heterocycles. The smallest absolute Gasteiger partial charge is 0.142 e. The van der Waals surface area contributed by atoms with Gasteiger partial charge in [-0.15, -0.1) is 0 Å². The maximum absolute atomic E-state index is 13.3. The van der Waals surface area contributed by atoms with E-state index in [1.807, 2.05) is 24.3 Å². The second kappa shape index (κ2) is 7.06. The highest BCUT2D eigenvalue weighted by Gasteiger charge is 2.09. The van der Waals surface area contributed by atoms with Gasteiger partial charge in [0.25, 0.3) is 0 Å². The van der Waals surface area contributed by atoms with Gasteiger partial charge in [0, 0.05) is 4.83 Å². The van der Waals surface area contributed by atoms with Crippen molar-refractivity contribution in [1.29, 1.82) is 0 Å². The van der Waals surface area contributed by atoms with Gasteiger partial charge in [-0.3, -0.25) is 0 Å². The summed E-state index contributed by atoms with van der Waals surface area (Å²) in [7, 11) is 0. The maximum Gasteiger partial charge on any atom is 0.142 e. The van der Waals surface area contributed by atoms with Gasteiger partial charge in [-0.25, -0.2) is 4.39 Å². The second-order valence-corrected chi connectivity index (χ2v) is 5.97. The molecular weight excluding hydrogens is 327 g/mol. The quantitative estimate of drug-likeness (QED) is 0.591. The lowest BCUT2D eigenvalue weighted by Gasteiger charge is -2.10. The van der Waals surface area contributed by atoms with Crippen molar-refractivity contribution >= 4 is 27.5 Å². The molecule has 0 radical (unpaired) electrons. The first-order chi connectivity index (χ1) is 9.18. The summed E-state index contributed by atoms with van der Waals surface area (Å²) in [5.41, 5.74) is 2.15. The fourth-order valence-electron chi connectivity index (χ4n) is 2.04.